The molecule has 0 spiro atoms. The maximum atomic E-state index is 12.8. The fourth-order valence-electron chi connectivity index (χ4n) is 3.46. The van der Waals surface area contributed by atoms with Crippen molar-refractivity contribution in [3.8, 4) is 5.75 Å². The number of rotatable bonds is 6. The number of para-hydroxylation sites is 1. The molecule has 27 heavy (non-hydrogen) atoms. The minimum atomic E-state index is -0.507. The zero-order valence-electron chi connectivity index (χ0n) is 16.1. The van der Waals surface area contributed by atoms with Gasteiger partial charge in [-0.05, 0) is 42.5 Å². The Hall–Kier alpha value is -2.04. The summed E-state index contributed by atoms with van der Waals surface area (Å²) in [5, 5.41) is 0. The number of benzene rings is 2. The molecular weight excluding hydrogens is 360 g/mol. The Bertz CT molecular complexity index is 753. The van der Waals surface area contributed by atoms with Gasteiger partial charge in [0.05, 0.1) is 0 Å². The van der Waals surface area contributed by atoms with E-state index >= 15 is 0 Å². The first-order valence-electron chi connectivity index (χ1n) is 9.28. The van der Waals surface area contributed by atoms with E-state index in [0.29, 0.717) is 13.1 Å². The summed E-state index contributed by atoms with van der Waals surface area (Å²) in [7, 11) is 0. The first kappa shape index (κ1) is 21.3. The van der Waals surface area contributed by atoms with E-state index < -0.39 is 6.10 Å². The average molecular weight is 389 g/mol. The number of carbonyl (C=O) groups excluding carboxylic acids is 1. The van der Waals surface area contributed by atoms with Crippen LogP contribution in [0, 0.1) is 5.41 Å². The summed E-state index contributed by atoms with van der Waals surface area (Å²) in [5.41, 5.74) is 8.19. The molecule has 2 aromatic carbocycles. The summed E-state index contributed by atoms with van der Waals surface area (Å²) in [6, 6.07) is 18.2. The van der Waals surface area contributed by atoms with Crippen LogP contribution < -0.4 is 10.5 Å². The lowest BCUT2D eigenvalue weighted by Gasteiger charge is -2.25. The predicted octanol–water partition coefficient (Wildman–Crippen LogP) is 3.66. The molecule has 146 valence electrons. The molecule has 5 heteroatoms. The molecule has 2 aromatic rings. The number of carbonyl (C=O) groups is 1. The third-order valence-corrected chi connectivity index (χ3v) is 5.22. The van der Waals surface area contributed by atoms with Gasteiger partial charge in [-0.1, -0.05) is 55.5 Å². The van der Waals surface area contributed by atoms with Crippen molar-refractivity contribution < 1.29 is 9.53 Å². The van der Waals surface area contributed by atoms with E-state index in [2.05, 4.69) is 25.1 Å². The molecule has 3 rings (SSSR count). The molecule has 0 saturated carbocycles. The molecule has 2 unspecified atom stereocenters. The van der Waals surface area contributed by atoms with E-state index in [9.17, 15) is 4.79 Å². The molecule has 0 radical (unpaired) electrons. The van der Waals surface area contributed by atoms with E-state index in [0.717, 1.165) is 30.7 Å². The number of hydrogen-bond donors (Lipinski definition) is 1. The van der Waals surface area contributed by atoms with Gasteiger partial charge in [0.2, 0.25) is 0 Å². The van der Waals surface area contributed by atoms with Gasteiger partial charge in [-0.3, -0.25) is 4.79 Å². The van der Waals surface area contributed by atoms with Gasteiger partial charge in [0.15, 0.2) is 6.10 Å². The van der Waals surface area contributed by atoms with E-state index in [-0.39, 0.29) is 23.7 Å². The van der Waals surface area contributed by atoms with Gasteiger partial charge in [-0.15, -0.1) is 12.4 Å². The molecule has 1 amide bonds. The van der Waals surface area contributed by atoms with Crippen LogP contribution in [0.5, 0.6) is 5.75 Å². The molecule has 1 aliphatic rings. The summed E-state index contributed by atoms with van der Waals surface area (Å²) in [5.74, 6) is 0.815. The molecule has 0 bridgehead atoms. The van der Waals surface area contributed by atoms with E-state index in [1.54, 1.807) is 0 Å². The van der Waals surface area contributed by atoms with Gasteiger partial charge >= 0.3 is 0 Å². The van der Waals surface area contributed by atoms with E-state index in [1.807, 2.05) is 48.2 Å². The maximum Gasteiger partial charge on any atom is 0.263 e. The number of likely N-dealkylation sites (tertiary alicyclic amines) is 1. The first-order valence-corrected chi connectivity index (χ1v) is 9.28. The van der Waals surface area contributed by atoms with Gasteiger partial charge < -0.3 is 15.4 Å². The topological polar surface area (TPSA) is 55.6 Å². The molecule has 1 saturated heterocycles. The highest BCUT2D eigenvalue weighted by molar-refractivity contribution is 5.85. The monoisotopic (exact) mass is 388 g/mol. The quantitative estimate of drug-likeness (QED) is 0.821. The van der Waals surface area contributed by atoms with Crippen LogP contribution in [0.3, 0.4) is 0 Å². The van der Waals surface area contributed by atoms with Gasteiger partial charge in [-0.25, -0.2) is 0 Å². The van der Waals surface area contributed by atoms with Crippen LogP contribution in [0.15, 0.2) is 54.6 Å². The minimum absolute atomic E-state index is 0. The first-order chi connectivity index (χ1) is 12.5. The highest BCUT2D eigenvalue weighted by Crippen LogP contribution is 2.29. The second-order valence-electron chi connectivity index (χ2n) is 7.55. The van der Waals surface area contributed by atoms with Crippen molar-refractivity contribution in [2.45, 2.75) is 32.8 Å². The SMILES string of the molecule is CC(Oc1ccccc1Cc1ccccc1)C(=O)N1CCC(C)(CN)C1.Cl. The smallest absolute Gasteiger partial charge is 0.263 e. The van der Waals surface area contributed by atoms with Crippen LogP contribution in [0.2, 0.25) is 0 Å². The molecule has 0 aromatic heterocycles. The van der Waals surface area contributed by atoms with Crippen LogP contribution >= 0.6 is 12.4 Å². The second-order valence-corrected chi connectivity index (χ2v) is 7.55. The Morgan fingerprint density at radius 3 is 2.52 bits per heavy atom. The van der Waals surface area contributed by atoms with Crippen LogP contribution in [0.1, 0.15) is 31.4 Å². The lowest BCUT2D eigenvalue weighted by Crippen LogP contribution is -2.41. The second kappa shape index (κ2) is 9.25. The Morgan fingerprint density at radius 1 is 1.19 bits per heavy atom. The van der Waals surface area contributed by atoms with Gasteiger partial charge in [0.25, 0.3) is 5.91 Å². The summed E-state index contributed by atoms with van der Waals surface area (Å²) in [6.07, 6.45) is 1.23. The van der Waals surface area contributed by atoms with Crippen molar-refractivity contribution in [2.75, 3.05) is 19.6 Å². The molecule has 2 atom stereocenters. The predicted molar refractivity (Wildman–Crippen MR) is 111 cm³/mol. The fourth-order valence-corrected chi connectivity index (χ4v) is 3.46. The number of halogens is 1. The van der Waals surface area contributed by atoms with Crippen LogP contribution in [-0.2, 0) is 11.2 Å². The summed E-state index contributed by atoms with van der Waals surface area (Å²) in [4.78, 5) is 14.7. The largest absolute Gasteiger partial charge is 0.481 e. The highest BCUT2D eigenvalue weighted by Gasteiger charge is 2.36. The number of amides is 1. The minimum Gasteiger partial charge on any atom is -0.481 e. The molecule has 1 heterocycles. The standard InChI is InChI=1S/C22H28N2O2.ClH/c1-17(21(25)24-13-12-22(2,15-23)16-24)26-20-11-7-6-10-19(20)14-18-8-4-3-5-9-18;/h3-11,17H,12-16,23H2,1-2H3;1H. The lowest BCUT2D eigenvalue weighted by molar-refractivity contribution is -0.137. The molecule has 1 aliphatic heterocycles. The number of nitrogens with two attached hydrogens (primary N) is 1. The Labute approximate surface area is 168 Å². The zero-order chi connectivity index (χ0) is 18.6. The molecule has 0 aliphatic carbocycles. The van der Waals surface area contributed by atoms with Gasteiger partial charge in [0, 0.05) is 19.5 Å². The highest BCUT2D eigenvalue weighted by atomic mass is 35.5. The number of hydrogen-bond acceptors (Lipinski definition) is 3. The number of nitrogens with zero attached hydrogens (tertiary/aromatic N) is 1. The molecule has 1 fully saturated rings. The Morgan fingerprint density at radius 2 is 1.85 bits per heavy atom. The lowest BCUT2D eigenvalue weighted by atomic mass is 9.90. The summed E-state index contributed by atoms with van der Waals surface area (Å²) in [6.45, 7) is 6.04. The van der Waals surface area contributed by atoms with Crippen molar-refractivity contribution in [3.63, 3.8) is 0 Å². The van der Waals surface area contributed by atoms with Crippen molar-refractivity contribution in [3.05, 3.63) is 65.7 Å². The maximum absolute atomic E-state index is 12.8. The molecule has 2 N–H and O–H groups in total. The molecule has 4 nitrogen and oxygen atoms in total. The average Bonchev–Trinajstić information content (AvgIpc) is 3.06. The third-order valence-electron chi connectivity index (χ3n) is 5.22. The van der Waals surface area contributed by atoms with Crippen molar-refractivity contribution >= 4 is 18.3 Å². The van der Waals surface area contributed by atoms with Crippen molar-refractivity contribution in [1.82, 2.24) is 4.90 Å². The zero-order valence-corrected chi connectivity index (χ0v) is 16.9. The van der Waals surface area contributed by atoms with E-state index in [4.69, 9.17) is 10.5 Å². The third kappa shape index (κ3) is 5.24. The van der Waals surface area contributed by atoms with Gasteiger partial charge in [0.1, 0.15) is 5.75 Å². The Balaban J connectivity index is 0.00000261. The van der Waals surface area contributed by atoms with E-state index in [1.165, 1.54) is 5.56 Å². The van der Waals surface area contributed by atoms with Gasteiger partial charge in [-0.2, -0.15) is 0 Å². The number of ether oxygens (including phenoxy) is 1. The van der Waals surface area contributed by atoms with Crippen LogP contribution in [-0.4, -0.2) is 36.5 Å². The summed E-state index contributed by atoms with van der Waals surface area (Å²) >= 11 is 0. The fraction of sp³-hybridized carbons (Fsp3) is 0.409. The van der Waals surface area contributed by atoms with Crippen molar-refractivity contribution in [1.29, 1.82) is 0 Å². The Kier molecular flexibility index (Phi) is 7.28. The molecular formula is C22H29ClN2O2. The van der Waals surface area contributed by atoms with Crippen LogP contribution in [0.4, 0.5) is 0 Å². The van der Waals surface area contributed by atoms with Crippen molar-refractivity contribution in [2.24, 2.45) is 11.1 Å². The summed E-state index contributed by atoms with van der Waals surface area (Å²) < 4.78 is 6.07. The van der Waals surface area contributed by atoms with Crippen LogP contribution in [0.25, 0.3) is 0 Å². The normalized spacial score (nSPS) is 20.0.